The number of rotatable bonds is 8. The molecule has 7 heteroatoms. The SMILES string of the molecule is CC(NC(=O)N(CCO)Cc1ccsc1)c1cccc(NC(=O)c2ccccc2)c1. The Balaban J connectivity index is 1.64. The summed E-state index contributed by atoms with van der Waals surface area (Å²) in [6, 6.07) is 17.9. The third-order valence-corrected chi connectivity index (χ3v) is 5.36. The molecule has 0 aliphatic rings. The van der Waals surface area contributed by atoms with Crippen LogP contribution >= 0.6 is 11.3 Å². The van der Waals surface area contributed by atoms with Crippen molar-refractivity contribution in [3.05, 3.63) is 88.1 Å². The number of thiophene rings is 1. The molecule has 0 aliphatic heterocycles. The zero-order chi connectivity index (χ0) is 21.3. The normalized spacial score (nSPS) is 11.5. The largest absolute Gasteiger partial charge is 0.395 e. The monoisotopic (exact) mass is 423 g/mol. The molecule has 0 spiro atoms. The van der Waals surface area contributed by atoms with Crippen LogP contribution in [0.4, 0.5) is 10.5 Å². The summed E-state index contributed by atoms with van der Waals surface area (Å²) in [5.41, 5.74) is 3.14. The van der Waals surface area contributed by atoms with Crippen LogP contribution in [0.1, 0.15) is 34.5 Å². The van der Waals surface area contributed by atoms with Crippen LogP contribution in [0.5, 0.6) is 0 Å². The van der Waals surface area contributed by atoms with Gasteiger partial charge in [-0.25, -0.2) is 4.79 Å². The molecule has 0 bridgehead atoms. The van der Waals surface area contributed by atoms with E-state index in [1.165, 1.54) is 0 Å². The number of hydrogen-bond acceptors (Lipinski definition) is 4. The highest BCUT2D eigenvalue weighted by Crippen LogP contribution is 2.19. The van der Waals surface area contributed by atoms with Gasteiger partial charge < -0.3 is 20.6 Å². The molecule has 0 fully saturated rings. The highest BCUT2D eigenvalue weighted by atomic mass is 32.1. The summed E-state index contributed by atoms with van der Waals surface area (Å²) in [6.45, 7) is 2.47. The van der Waals surface area contributed by atoms with Gasteiger partial charge in [0, 0.05) is 24.3 Å². The Labute approximate surface area is 180 Å². The van der Waals surface area contributed by atoms with Crippen LogP contribution in [0.15, 0.2) is 71.4 Å². The number of nitrogens with one attached hydrogen (secondary N) is 2. The molecule has 3 rings (SSSR count). The molecule has 1 atom stereocenters. The van der Waals surface area contributed by atoms with E-state index < -0.39 is 0 Å². The molecule has 3 aromatic rings. The minimum Gasteiger partial charge on any atom is -0.395 e. The van der Waals surface area contributed by atoms with Gasteiger partial charge in [0.2, 0.25) is 0 Å². The van der Waals surface area contributed by atoms with Crippen molar-refractivity contribution in [3.63, 3.8) is 0 Å². The second kappa shape index (κ2) is 10.6. The van der Waals surface area contributed by atoms with Gasteiger partial charge >= 0.3 is 6.03 Å². The summed E-state index contributed by atoms with van der Waals surface area (Å²) >= 11 is 1.57. The van der Waals surface area contributed by atoms with Crippen LogP contribution in [-0.2, 0) is 6.54 Å². The highest BCUT2D eigenvalue weighted by Gasteiger charge is 2.17. The fraction of sp³-hybridized carbons (Fsp3) is 0.217. The second-order valence-electron chi connectivity index (χ2n) is 6.89. The molecule has 1 heterocycles. The maximum atomic E-state index is 12.7. The Morgan fingerprint density at radius 1 is 1.10 bits per heavy atom. The Hall–Kier alpha value is -3.16. The molecule has 0 saturated carbocycles. The summed E-state index contributed by atoms with van der Waals surface area (Å²) in [6.07, 6.45) is 0. The zero-order valence-electron chi connectivity index (χ0n) is 16.7. The van der Waals surface area contributed by atoms with Gasteiger partial charge in [-0.2, -0.15) is 11.3 Å². The average molecular weight is 424 g/mol. The number of anilines is 1. The summed E-state index contributed by atoms with van der Waals surface area (Å²) in [4.78, 5) is 26.7. The van der Waals surface area contributed by atoms with E-state index in [9.17, 15) is 14.7 Å². The quantitative estimate of drug-likeness (QED) is 0.506. The van der Waals surface area contributed by atoms with Crippen molar-refractivity contribution in [1.29, 1.82) is 0 Å². The van der Waals surface area contributed by atoms with E-state index in [1.807, 2.05) is 66.2 Å². The van der Waals surface area contributed by atoms with Gasteiger partial charge in [-0.05, 0) is 59.1 Å². The van der Waals surface area contributed by atoms with Crippen LogP contribution in [0, 0.1) is 0 Å². The minimum absolute atomic E-state index is 0.104. The summed E-state index contributed by atoms with van der Waals surface area (Å²) in [7, 11) is 0. The number of benzene rings is 2. The van der Waals surface area contributed by atoms with Gasteiger partial charge in [0.1, 0.15) is 0 Å². The Kier molecular flexibility index (Phi) is 7.59. The maximum Gasteiger partial charge on any atom is 0.318 e. The standard InChI is InChI=1S/C23H25N3O3S/c1-17(24-23(29)26(11-12-27)15-18-10-13-30-16-18)20-8-5-9-21(14-20)25-22(28)19-6-3-2-4-7-19/h2-10,13-14,16-17,27H,11-12,15H2,1H3,(H,24,29)(H,25,28). The summed E-state index contributed by atoms with van der Waals surface area (Å²) < 4.78 is 0. The number of carbonyl (C=O) groups excluding carboxylic acids is 2. The van der Waals surface area contributed by atoms with Gasteiger partial charge in [-0.1, -0.05) is 30.3 Å². The van der Waals surface area contributed by atoms with E-state index >= 15 is 0 Å². The molecule has 3 N–H and O–H groups in total. The topological polar surface area (TPSA) is 81.7 Å². The first-order valence-corrected chi connectivity index (χ1v) is 10.6. The lowest BCUT2D eigenvalue weighted by Crippen LogP contribution is -2.42. The molecule has 0 radical (unpaired) electrons. The van der Waals surface area contributed by atoms with E-state index in [2.05, 4.69) is 10.6 Å². The molecule has 0 saturated heterocycles. The molecule has 1 unspecified atom stereocenters. The number of urea groups is 1. The van der Waals surface area contributed by atoms with Crippen molar-refractivity contribution < 1.29 is 14.7 Å². The molecule has 1 aromatic heterocycles. The lowest BCUT2D eigenvalue weighted by Gasteiger charge is -2.24. The van der Waals surface area contributed by atoms with Crippen LogP contribution in [0.3, 0.4) is 0 Å². The highest BCUT2D eigenvalue weighted by molar-refractivity contribution is 7.07. The molecule has 0 aliphatic carbocycles. The smallest absolute Gasteiger partial charge is 0.318 e. The van der Waals surface area contributed by atoms with E-state index in [0.29, 0.717) is 17.8 Å². The third kappa shape index (κ3) is 5.92. The predicted molar refractivity (Wildman–Crippen MR) is 120 cm³/mol. The molecule has 2 aromatic carbocycles. The third-order valence-electron chi connectivity index (χ3n) is 4.63. The average Bonchev–Trinajstić information content (AvgIpc) is 3.27. The van der Waals surface area contributed by atoms with E-state index in [-0.39, 0.29) is 31.1 Å². The fourth-order valence-corrected chi connectivity index (χ4v) is 3.67. The van der Waals surface area contributed by atoms with Crippen molar-refractivity contribution >= 4 is 29.0 Å². The lowest BCUT2D eigenvalue weighted by molar-refractivity contribution is 0.102. The van der Waals surface area contributed by atoms with Gasteiger partial charge in [-0.15, -0.1) is 0 Å². The zero-order valence-corrected chi connectivity index (χ0v) is 17.6. The van der Waals surface area contributed by atoms with Crippen LogP contribution in [-0.4, -0.2) is 35.1 Å². The summed E-state index contributed by atoms with van der Waals surface area (Å²) in [5.74, 6) is -0.186. The Bertz CT molecular complexity index is 961. The van der Waals surface area contributed by atoms with Gasteiger partial charge in [0.15, 0.2) is 0 Å². The molecule has 3 amide bonds. The first kappa shape index (κ1) is 21.5. The predicted octanol–water partition coefficient (Wildman–Crippen LogP) is 4.27. The lowest BCUT2D eigenvalue weighted by atomic mass is 10.1. The number of amides is 3. The van der Waals surface area contributed by atoms with E-state index in [0.717, 1.165) is 11.1 Å². The van der Waals surface area contributed by atoms with Crippen LogP contribution < -0.4 is 10.6 Å². The number of aliphatic hydroxyl groups is 1. The molecule has 30 heavy (non-hydrogen) atoms. The molecular formula is C23H25N3O3S. The van der Waals surface area contributed by atoms with Crippen molar-refractivity contribution in [3.8, 4) is 0 Å². The number of carbonyl (C=O) groups is 2. The van der Waals surface area contributed by atoms with Crippen molar-refractivity contribution in [2.45, 2.75) is 19.5 Å². The minimum atomic E-state index is -0.269. The fourth-order valence-electron chi connectivity index (χ4n) is 3.01. The molecule has 156 valence electrons. The molecule has 6 nitrogen and oxygen atoms in total. The van der Waals surface area contributed by atoms with Crippen molar-refractivity contribution in [2.75, 3.05) is 18.5 Å². The maximum absolute atomic E-state index is 12.7. The summed E-state index contributed by atoms with van der Waals surface area (Å²) in [5, 5.41) is 19.1. The van der Waals surface area contributed by atoms with Gasteiger partial charge in [0.05, 0.1) is 12.6 Å². The van der Waals surface area contributed by atoms with Gasteiger partial charge in [0.25, 0.3) is 5.91 Å². The van der Waals surface area contributed by atoms with Crippen molar-refractivity contribution in [1.82, 2.24) is 10.2 Å². The van der Waals surface area contributed by atoms with Crippen LogP contribution in [0.25, 0.3) is 0 Å². The molecular weight excluding hydrogens is 398 g/mol. The van der Waals surface area contributed by atoms with E-state index in [4.69, 9.17) is 0 Å². The van der Waals surface area contributed by atoms with Crippen LogP contribution in [0.2, 0.25) is 0 Å². The first-order valence-electron chi connectivity index (χ1n) is 9.70. The Morgan fingerprint density at radius 2 is 1.90 bits per heavy atom. The first-order chi connectivity index (χ1) is 14.6. The second-order valence-corrected chi connectivity index (χ2v) is 7.67. The van der Waals surface area contributed by atoms with E-state index in [1.54, 1.807) is 28.4 Å². The van der Waals surface area contributed by atoms with Gasteiger partial charge in [-0.3, -0.25) is 4.79 Å². The number of hydrogen-bond donors (Lipinski definition) is 3. The number of nitrogens with zero attached hydrogens (tertiary/aromatic N) is 1. The Morgan fingerprint density at radius 3 is 2.60 bits per heavy atom. The number of aliphatic hydroxyl groups excluding tert-OH is 1. The van der Waals surface area contributed by atoms with Crippen molar-refractivity contribution in [2.24, 2.45) is 0 Å².